The summed E-state index contributed by atoms with van der Waals surface area (Å²) in [6.07, 6.45) is 0. The van der Waals surface area contributed by atoms with Crippen molar-refractivity contribution in [3.05, 3.63) is 65.7 Å². The largest absolute Gasteiger partial charge is 0.311 e. The van der Waals surface area contributed by atoms with Crippen LogP contribution in [-0.2, 0) is 4.79 Å². The predicted molar refractivity (Wildman–Crippen MR) is 100 cm³/mol. The second kappa shape index (κ2) is 7.12. The normalized spacial score (nSPS) is 14.5. The van der Waals surface area contributed by atoms with Crippen molar-refractivity contribution in [2.75, 3.05) is 11.4 Å². The minimum absolute atomic E-state index is 0.206. The average Bonchev–Trinajstić information content (AvgIpc) is 2.89. The SMILES string of the molecule is CCN(C(=O)C(C(C)C)N1C(=O)c2ccccc2C1=O)c1ccccc1. The lowest BCUT2D eigenvalue weighted by Gasteiger charge is -2.33. The summed E-state index contributed by atoms with van der Waals surface area (Å²) in [5.74, 6) is -1.26. The molecule has 5 heteroatoms. The third-order valence-corrected chi connectivity index (χ3v) is 4.64. The Kier molecular flexibility index (Phi) is 4.89. The number of hydrogen-bond donors (Lipinski definition) is 0. The molecule has 2 aromatic carbocycles. The third-order valence-electron chi connectivity index (χ3n) is 4.64. The molecule has 1 aliphatic rings. The standard InChI is InChI=1S/C21H22N2O3/c1-4-22(15-10-6-5-7-11-15)21(26)18(14(2)3)23-19(24)16-12-8-9-13-17(16)20(23)25/h5-14,18H,4H2,1-3H3. The Morgan fingerprint density at radius 3 is 1.88 bits per heavy atom. The minimum atomic E-state index is -0.845. The van der Waals surface area contributed by atoms with Gasteiger partial charge in [-0.05, 0) is 37.1 Å². The van der Waals surface area contributed by atoms with E-state index < -0.39 is 17.9 Å². The Labute approximate surface area is 153 Å². The van der Waals surface area contributed by atoms with Crippen molar-refractivity contribution in [2.45, 2.75) is 26.8 Å². The van der Waals surface area contributed by atoms with E-state index >= 15 is 0 Å². The molecule has 0 N–H and O–H groups in total. The van der Waals surface area contributed by atoms with Gasteiger partial charge in [0.15, 0.2) is 0 Å². The molecule has 0 spiro atoms. The molecule has 0 radical (unpaired) electrons. The number of rotatable bonds is 5. The summed E-state index contributed by atoms with van der Waals surface area (Å²) in [6.45, 7) is 6.04. The van der Waals surface area contributed by atoms with Gasteiger partial charge in [0.2, 0.25) is 0 Å². The van der Waals surface area contributed by atoms with E-state index in [0.717, 1.165) is 10.6 Å². The van der Waals surface area contributed by atoms with Gasteiger partial charge >= 0.3 is 0 Å². The molecule has 1 atom stereocenters. The molecule has 26 heavy (non-hydrogen) atoms. The number of imide groups is 1. The summed E-state index contributed by atoms with van der Waals surface area (Å²) in [5.41, 5.74) is 1.47. The molecule has 5 nitrogen and oxygen atoms in total. The molecule has 3 amide bonds. The summed E-state index contributed by atoms with van der Waals surface area (Å²) in [6, 6.07) is 15.2. The first-order valence-electron chi connectivity index (χ1n) is 8.80. The highest BCUT2D eigenvalue weighted by atomic mass is 16.2. The van der Waals surface area contributed by atoms with E-state index in [2.05, 4.69) is 0 Å². The van der Waals surface area contributed by atoms with Crippen LogP contribution in [0.25, 0.3) is 0 Å². The molecule has 134 valence electrons. The van der Waals surface area contributed by atoms with Gasteiger partial charge in [-0.2, -0.15) is 0 Å². The smallest absolute Gasteiger partial charge is 0.262 e. The van der Waals surface area contributed by atoms with Crippen molar-refractivity contribution in [3.63, 3.8) is 0 Å². The number of benzene rings is 2. The Morgan fingerprint density at radius 2 is 1.42 bits per heavy atom. The zero-order valence-corrected chi connectivity index (χ0v) is 15.2. The van der Waals surface area contributed by atoms with Crippen LogP contribution < -0.4 is 4.90 Å². The molecule has 0 aromatic heterocycles. The number of hydrogen-bond acceptors (Lipinski definition) is 3. The molecular weight excluding hydrogens is 328 g/mol. The predicted octanol–water partition coefficient (Wildman–Crippen LogP) is 3.36. The second-order valence-corrected chi connectivity index (χ2v) is 6.63. The molecule has 1 heterocycles. The van der Waals surface area contributed by atoms with Gasteiger partial charge in [-0.25, -0.2) is 0 Å². The van der Waals surface area contributed by atoms with E-state index in [1.807, 2.05) is 51.1 Å². The van der Waals surface area contributed by atoms with Gasteiger partial charge in [-0.1, -0.05) is 44.2 Å². The summed E-state index contributed by atoms with van der Waals surface area (Å²) < 4.78 is 0. The maximum absolute atomic E-state index is 13.3. The van der Waals surface area contributed by atoms with E-state index in [1.165, 1.54) is 0 Å². The van der Waals surface area contributed by atoms with Gasteiger partial charge in [0.25, 0.3) is 17.7 Å². The van der Waals surface area contributed by atoms with Crippen LogP contribution in [0.3, 0.4) is 0 Å². The monoisotopic (exact) mass is 350 g/mol. The van der Waals surface area contributed by atoms with E-state index in [9.17, 15) is 14.4 Å². The van der Waals surface area contributed by atoms with Crippen LogP contribution in [0.1, 0.15) is 41.5 Å². The number of fused-ring (bicyclic) bond motifs is 1. The van der Waals surface area contributed by atoms with Gasteiger partial charge in [-0.3, -0.25) is 19.3 Å². The lowest BCUT2D eigenvalue weighted by molar-refractivity contribution is -0.123. The van der Waals surface area contributed by atoms with Gasteiger partial charge in [0.05, 0.1) is 11.1 Å². The lowest BCUT2D eigenvalue weighted by atomic mass is 10.0. The van der Waals surface area contributed by atoms with Crippen molar-refractivity contribution in [1.29, 1.82) is 0 Å². The highest BCUT2D eigenvalue weighted by molar-refractivity contribution is 6.23. The zero-order valence-electron chi connectivity index (χ0n) is 15.2. The molecule has 1 aliphatic heterocycles. The minimum Gasteiger partial charge on any atom is -0.311 e. The van der Waals surface area contributed by atoms with Crippen molar-refractivity contribution < 1.29 is 14.4 Å². The van der Waals surface area contributed by atoms with E-state index in [0.29, 0.717) is 17.7 Å². The number of nitrogens with zero attached hydrogens (tertiary/aromatic N) is 2. The first-order valence-corrected chi connectivity index (χ1v) is 8.80. The molecule has 3 rings (SSSR count). The molecule has 0 aliphatic carbocycles. The Morgan fingerprint density at radius 1 is 0.923 bits per heavy atom. The summed E-state index contributed by atoms with van der Waals surface area (Å²) in [5, 5.41) is 0. The van der Waals surface area contributed by atoms with Crippen LogP contribution in [0.15, 0.2) is 54.6 Å². The Bertz CT molecular complexity index is 810. The van der Waals surface area contributed by atoms with Gasteiger partial charge in [-0.15, -0.1) is 0 Å². The molecule has 2 aromatic rings. The maximum Gasteiger partial charge on any atom is 0.262 e. The van der Waals surface area contributed by atoms with Crippen molar-refractivity contribution >= 4 is 23.4 Å². The fourth-order valence-electron chi connectivity index (χ4n) is 3.39. The molecule has 0 bridgehead atoms. The van der Waals surface area contributed by atoms with Crippen molar-refractivity contribution in [3.8, 4) is 0 Å². The average molecular weight is 350 g/mol. The van der Waals surface area contributed by atoms with Crippen LogP contribution in [0.2, 0.25) is 0 Å². The third kappa shape index (κ3) is 2.90. The number of amides is 3. The summed E-state index contributed by atoms with van der Waals surface area (Å²) >= 11 is 0. The number of para-hydroxylation sites is 1. The maximum atomic E-state index is 13.3. The summed E-state index contributed by atoms with van der Waals surface area (Å²) in [7, 11) is 0. The van der Waals surface area contributed by atoms with Crippen LogP contribution in [0, 0.1) is 5.92 Å². The fraction of sp³-hybridized carbons (Fsp3) is 0.286. The van der Waals surface area contributed by atoms with E-state index in [4.69, 9.17) is 0 Å². The number of carbonyl (C=O) groups is 3. The molecule has 0 saturated carbocycles. The summed E-state index contributed by atoms with van der Waals surface area (Å²) in [4.78, 5) is 41.8. The lowest BCUT2D eigenvalue weighted by Crippen LogP contribution is -2.53. The van der Waals surface area contributed by atoms with Crippen LogP contribution in [0.5, 0.6) is 0 Å². The van der Waals surface area contributed by atoms with Crippen molar-refractivity contribution in [1.82, 2.24) is 4.90 Å². The van der Waals surface area contributed by atoms with Gasteiger partial charge in [0.1, 0.15) is 6.04 Å². The fourth-order valence-corrected chi connectivity index (χ4v) is 3.39. The van der Waals surface area contributed by atoms with Crippen molar-refractivity contribution in [2.24, 2.45) is 5.92 Å². The molecular formula is C21H22N2O3. The number of anilines is 1. The topological polar surface area (TPSA) is 57.7 Å². The second-order valence-electron chi connectivity index (χ2n) is 6.63. The van der Waals surface area contributed by atoms with Crippen LogP contribution in [-0.4, -0.2) is 35.2 Å². The van der Waals surface area contributed by atoms with E-state index in [-0.39, 0.29) is 11.8 Å². The zero-order chi connectivity index (χ0) is 18.8. The van der Waals surface area contributed by atoms with Crippen LogP contribution in [0.4, 0.5) is 5.69 Å². The first kappa shape index (κ1) is 17.9. The highest BCUT2D eigenvalue weighted by Crippen LogP contribution is 2.29. The van der Waals surface area contributed by atoms with Gasteiger partial charge in [0, 0.05) is 12.2 Å². The number of likely N-dealkylation sites (N-methyl/N-ethyl adjacent to an activating group) is 1. The first-order chi connectivity index (χ1) is 12.5. The Hall–Kier alpha value is -2.95. The molecule has 0 fully saturated rings. The Balaban J connectivity index is 1.99. The van der Waals surface area contributed by atoms with E-state index in [1.54, 1.807) is 29.2 Å². The number of carbonyl (C=O) groups excluding carboxylic acids is 3. The highest BCUT2D eigenvalue weighted by Gasteiger charge is 2.45. The van der Waals surface area contributed by atoms with Crippen LogP contribution >= 0.6 is 0 Å². The molecule has 0 saturated heterocycles. The molecule has 1 unspecified atom stereocenters. The quantitative estimate of drug-likeness (QED) is 0.777. The van der Waals surface area contributed by atoms with Gasteiger partial charge < -0.3 is 4.90 Å².